The number of Topliss-reactive ketones (excluding diaryl/α,β-unsaturated/α-hetero) is 1. The predicted molar refractivity (Wildman–Crippen MR) is 87.6 cm³/mol. The maximum atomic E-state index is 12.4. The average molecular weight is 356 g/mol. The molecule has 1 aliphatic rings. The summed E-state index contributed by atoms with van der Waals surface area (Å²) >= 11 is 0. The summed E-state index contributed by atoms with van der Waals surface area (Å²) in [5.74, 6) is -0.0422. The second-order valence-corrected chi connectivity index (χ2v) is 8.25. The summed E-state index contributed by atoms with van der Waals surface area (Å²) in [6.45, 7) is 4.04. The van der Waals surface area contributed by atoms with Gasteiger partial charge in [-0.3, -0.25) is 9.59 Å². The molecule has 1 aromatic rings. The first-order valence-corrected chi connectivity index (χ1v) is 9.56. The number of hydrogen-bond acceptors (Lipinski definition) is 5. The number of H-pyrrole nitrogens is 1. The highest BCUT2D eigenvalue weighted by Gasteiger charge is 2.33. The van der Waals surface area contributed by atoms with Crippen LogP contribution < -0.4 is 5.32 Å². The van der Waals surface area contributed by atoms with E-state index in [1.807, 2.05) is 13.8 Å². The quantitative estimate of drug-likeness (QED) is 0.778. The van der Waals surface area contributed by atoms with Crippen LogP contribution in [-0.4, -0.2) is 53.5 Å². The lowest BCUT2D eigenvalue weighted by Crippen LogP contribution is -2.44. The third kappa shape index (κ3) is 4.64. The minimum atomic E-state index is -3.82. The molecule has 2 N–H and O–H groups in total. The number of amides is 1. The van der Waals surface area contributed by atoms with E-state index < -0.39 is 16.1 Å². The Bertz CT molecular complexity index is 670. The normalized spacial score (nSPS) is 20.1. The van der Waals surface area contributed by atoms with Crippen molar-refractivity contribution in [3.8, 4) is 0 Å². The van der Waals surface area contributed by atoms with Crippen molar-refractivity contribution in [3.63, 3.8) is 0 Å². The summed E-state index contributed by atoms with van der Waals surface area (Å²) in [6, 6.07) is -0.624. The van der Waals surface area contributed by atoms with Crippen LogP contribution in [0.1, 0.15) is 39.5 Å². The third-order valence-corrected chi connectivity index (χ3v) is 5.67. The maximum Gasteiger partial charge on any atom is 0.277 e. The van der Waals surface area contributed by atoms with Gasteiger partial charge in [-0.05, 0) is 25.2 Å². The fraction of sp³-hybridized carbons (Fsp3) is 0.667. The van der Waals surface area contributed by atoms with Crippen molar-refractivity contribution in [1.82, 2.24) is 19.6 Å². The molecule has 0 aliphatic carbocycles. The number of aromatic nitrogens is 2. The molecule has 2 heterocycles. The van der Waals surface area contributed by atoms with Crippen molar-refractivity contribution >= 4 is 21.7 Å². The van der Waals surface area contributed by atoms with E-state index in [1.54, 1.807) is 0 Å². The van der Waals surface area contributed by atoms with Crippen molar-refractivity contribution in [2.24, 2.45) is 5.92 Å². The first-order valence-electron chi connectivity index (χ1n) is 8.12. The first-order chi connectivity index (χ1) is 11.3. The summed E-state index contributed by atoms with van der Waals surface area (Å²) in [5, 5.41) is 2.57. The Morgan fingerprint density at radius 2 is 2.25 bits per heavy atom. The van der Waals surface area contributed by atoms with Gasteiger partial charge in [0.05, 0.1) is 12.6 Å². The molecule has 0 spiro atoms. The van der Waals surface area contributed by atoms with Gasteiger partial charge in [0.25, 0.3) is 10.0 Å². The van der Waals surface area contributed by atoms with Crippen LogP contribution in [0.3, 0.4) is 0 Å². The molecule has 0 radical (unpaired) electrons. The molecule has 134 valence electrons. The van der Waals surface area contributed by atoms with Crippen LogP contribution in [0.4, 0.5) is 0 Å². The molecule has 1 amide bonds. The van der Waals surface area contributed by atoms with Gasteiger partial charge in [0.1, 0.15) is 0 Å². The molecule has 1 aliphatic heterocycles. The lowest BCUT2D eigenvalue weighted by Gasteiger charge is -2.18. The van der Waals surface area contributed by atoms with E-state index in [2.05, 4.69) is 15.3 Å². The number of hydrogen-bond donors (Lipinski definition) is 2. The van der Waals surface area contributed by atoms with E-state index in [4.69, 9.17) is 0 Å². The topological polar surface area (TPSA) is 112 Å². The van der Waals surface area contributed by atoms with Crippen molar-refractivity contribution in [2.75, 3.05) is 13.1 Å². The molecule has 0 saturated carbocycles. The number of carbonyl (C=O) groups excluding carboxylic acids is 2. The Morgan fingerprint density at radius 1 is 1.50 bits per heavy atom. The first kappa shape index (κ1) is 18.6. The molecule has 8 nitrogen and oxygen atoms in total. The van der Waals surface area contributed by atoms with E-state index in [0.717, 1.165) is 10.7 Å². The Hall–Kier alpha value is -1.74. The zero-order chi connectivity index (χ0) is 17.7. The second-order valence-electron chi connectivity index (χ2n) is 6.39. The van der Waals surface area contributed by atoms with E-state index in [9.17, 15) is 18.0 Å². The Kier molecular flexibility index (Phi) is 6.11. The fourth-order valence-corrected chi connectivity index (χ4v) is 3.88. The fourth-order valence-electron chi connectivity index (χ4n) is 2.55. The molecule has 1 aromatic heterocycles. The predicted octanol–water partition coefficient (Wildman–Crippen LogP) is 0.684. The van der Waals surface area contributed by atoms with Crippen molar-refractivity contribution in [3.05, 3.63) is 12.4 Å². The van der Waals surface area contributed by atoms with Gasteiger partial charge in [-0.15, -0.1) is 0 Å². The standard InChI is InChI=1S/C15H24N4O4S/c1-11(2)5-6-14(21)18-12-4-3-9-19(10-13(12)20)24(22,23)15-16-7-8-17-15/h7-8,11-12H,3-6,9-10H2,1-2H3,(H,16,17)(H,18,21). The molecule has 1 atom stereocenters. The maximum absolute atomic E-state index is 12.4. The number of rotatable bonds is 6. The number of imidazole rings is 1. The minimum Gasteiger partial charge on any atom is -0.346 e. The monoisotopic (exact) mass is 356 g/mol. The zero-order valence-corrected chi connectivity index (χ0v) is 14.8. The summed E-state index contributed by atoms with van der Waals surface area (Å²) in [5.41, 5.74) is 0. The lowest BCUT2D eigenvalue weighted by molar-refractivity contribution is -0.127. The number of aromatic amines is 1. The van der Waals surface area contributed by atoms with E-state index in [1.165, 1.54) is 12.4 Å². The number of nitrogens with zero attached hydrogens (tertiary/aromatic N) is 2. The van der Waals surface area contributed by atoms with Gasteiger partial charge in [0, 0.05) is 25.4 Å². The Morgan fingerprint density at radius 3 is 2.88 bits per heavy atom. The van der Waals surface area contributed by atoms with Gasteiger partial charge in [-0.25, -0.2) is 13.4 Å². The largest absolute Gasteiger partial charge is 0.346 e. The molecule has 24 heavy (non-hydrogen) atoms. The smallest absolute Gasteiger partial charge is 0.277 e. The van der Waals surface area contributed by atoms with Crippen LogP contribution >= 0.6 is 0 Å². The van der Waals surface area contributed by atoms with Gasteiger partial charge in [-0.2, -0.15) is 4.31 Å². The molecule has 1 saturated heterocycles. The average Bonchev–Trinajstić information content (AvgIpc) is 2.99. The van der Waals surface area contributed by atoms with Crippen molar-refractivity contribution < 1.29 is 18.0 Å². The van der Waals surface area contributed by atoms with Gasteiger partial charge in [0.2, 0.25) is 11.1 Å². The summed E-state index contributed by atoms with van der Waals surface area (Å²) < 4.78 is 26.0. The van der Waals surface area contributed by atoms with Gasteiger partial charge < -0.3 is 10.3 Å². The molecule has 9 heteroatoms. The van der Waals surface area contributed by atoms with Crippen molar-refractivity contribution in [2.45, 2.75) is 50.7 Å². The van der Waals surface area contributed by atoms with Crippen LogP contribution in [0.5, 0.6) is 0 Å². The zero-order valence-electron chi connectivity index (χ0n) is 14.0. The highest BCUT2D eigenvalue weighted by molar-refractivity contribution is 7.89. The molecule has 2 rings (SSSR count). The number of nitrogens with one attached hydrogen (secondary N) is 2. The van der Waals surface area contributed by atoms with Crippen LogP contribution in [0.2, 0.25) is 0 Å². The lowest BCUT2D eigenvalue weighted by atomic mass is 10.1. The molecular weight excluding hydrogens is 332 g/mol. The Balaban J connectivity index is 1.99. The molecule has 0 bridgehead atoms. The number of sulfonamides is 1. The van der Waals surface area contributed by atoms with Crippen molar-refractivity contribution in [1.29, 1.82) is 0 Å². The highest BCUT2D eigenvalue weighted by Crippen LogP contribution is 2.17. The SMILES string of the molecule is CC(C)CCC(=O)NC1CCCN(S(=O)(=O)c2ncc[nH]2)CC1=O. The van der Waals surface area contributed by atoms with E-state index in [0.29, 0.717) is 25.2 Å². The minimum absolute atomic E-state index is 0.163. The van der Waals surface area contributed by atoms with E-state index in [-0.39, 0.29) is 29.9 Å². The van der Waals surface area contributed by atoms with Crippen LogP contribution in [0, 0.1) is 5.92 Å². The van der Waals surface area contributed by atoms with Gasteiger partial charge in [-0.1, -0.05) is 13.8 Å². The molecule has 1 fully saturated rings. The molecule has 1 unspecified atom stereocenters. The summed E-state index contributed by atoms with van der Waals surface area (Å²) in [4.78, 5) is 30.6. The molecule has 0 aromatic carbocycles. The third-order valence-electron chi connectivity index (χ3n) is 3.96. The molecular formula is C15H24N4O4S. The van der Waals surface area contributed by atoms with Gasteiger partial charge in [0.15, 0.2) is 5.78 Å². The summed E-state index contributed by atoms with van der Waals surface area (Å²) in [7, 11) is -3.82. The Labute approximate surface area is 142 Å². The summed E-state index contributed by atoms with van der Waals surface area (Å²) in [6.07, 6.45) is 4.84. The van der Waals surface area contributed by atoms with Gasteiger partial charge >= 0.3 is 0 Å². The number of ketones is 1. The second kappa shape index (κ2) is 7.89. The van der Waals surface area contributed by atoms with Crippen LogP contribution in [0.25, 0.3) is 0 Å². The van der Waals surface area contributed by atoms with Crippen LogP contribution in [0.15, 0.2) is 17.6 Å². The highest BCUT2D eigenvalue weighted by atomic mass is 32.2. The van der Waals surface area contributed by atoms with E-state index >= 15 is 0 Å². The van der Waals surface area contributed by atoms with Crippen LogP contribution in [-0.2, 0) is 19.6 Å². The number of carbonyl (C=O) groups is 2.